The molecule has 25 heavy (non-hydrogen) atoms. The summed E-state index contributed by atoms with van der Waals surface area (Å²) in [5.74, 6) is -1.06. The number of urea groups is 1. The molecule has 2 amide bonds. The van der Waals surface area contributed by atoms with Gasteiger partial charge < -0.3 is 4.90 Å². The van der Waals surface area contributed by atoms with E-state index < -0.39 is 17.7 Å². The number of hydrogen-bond donors (Lipinski definition) is 1. The summed E-state index contributed by atoms with van der Waals surface area (Å²) in [4.78, 5) is 19.6. The predicted molar refractivity (Wildman–Crippen MR) is 94.9 cm³/mol. The van der Waals surface area contributed by atoms with Crippen molar-refractivity contribution in [3.8, 4) is 0 Å². The molecule has 0 radical (unpaired) electrons. The van der Waals surface area contributed by atoms with Crippen molar-refractivity contribution in [1.29, 1.82) is 0 Å². The van der Waals surface area contributed by atoms with Crippen molar-refractivity contribution in [3.05, 3.63) is 46.0 Å². The van der Waals surface area contributed by atoms with Gasteiger partial charge >= 0.3 is 6.03 Å². The van der Waals surface area contributed by atoms with Gasteiger partial charge in [0.1, 0.15) is 11.6 Å². The number of rotatable bonds is 3. The number of thiazole rings is 1. The minimum absolute atomic E-state index is 0.146. The molecule has 1 aliphatic rings. The fourth-order valence-electron chi connectivity index (χ4n) is 2.98. The SMILES string of the molecule is CC(c1cc(F)ccc1F)N(C)C(=O)Nc1nc2c(s1)CCCCC2. The second-order valence-corrected chi connectivity index (χ2v) is 7.42. The lowest BCUT2D eigenvalue weighted by molar-refractivity contribution is 0.207. The van der Waals surface area contributed by atoms with Crippen LogP contribution in [0.1, 0.15) is 48.4 Å². The van der Waals surface area contributed by atoms with E-state index in [4.69, 9.17) is 0 Å². The molecular formula is C18H21F2N3OS. The summed E-state index contributed by atoms with van der Waals surface area (Å²) in [6, 6.07) is 2.27. The average Bonchev–Trinajstić information content (AvgIpc) is 2.83. The number of hydrogen-bond acceptors (Lipinski definition) is 3. The van der Waals surface area contributed by atoms with Gasteiger partial charge in [-0.3, -0.25) is 5.32 Å². The Balaban J connectivity index is 1.71. The molecule has 1 N–H and O–H groups in total. The van der Waals surface area contributed by atoms with E-state index in [0.29, 0.717) is 5.13 Å². The Morgan fingerprint density at radius 2 is 2.04 bits per heavy atom. The number of halogens is 2. The van der Waals surface area contributed by atoms with Crippen LogP contribution in [-0.2, 0) is 12.8 Å². The molecule has 4 nitrogen and oxygen atoms in total. The largest absolute Gasteiger partial charge is 0.323 e. The van der Waals surface area contributed by atoms with Crippen molar-refractivity contribution in [1.82, 2.24) is 9.88 Å². The molecule has 1 atom stereocenters. The number of benzene rings is 1. The smallest absolute Gasteiger partial charge is 0.321 e. The maximum absolute atomic E-state index is 13.9. The van der Waals surface area contributed by atoms with E-state index in [-0.39, 0.29) is 11.6 Å². The molecular weight excluding hydrogens is 344 g/mol. The number of aryl methyl sites for hydroxylation is 2. The predicted octanol–water partition coefficient (Wildman–Crippen LogP) is 4.92. The third-order valence-electron chi connectivity index (χ3n) is 4.62. The fourth-order valence-corrected chi connectivity index (χ4v) is 4.02. The third kappa shape index (κ3) is 3.98. The first kappa shape index (κ1) is 17.8. The van der Waals surface area contributed by atoms with E-state index >= 15 is 0 Å². The zero-order chi connectivity index (χ0) is 18.0. The molecule has 0 fully saturated rings. The first-order valence-corrected chi connectivity index (χ1v) is 9.24. The van der Waals surface area contributed by atoms with Crippen LogP contribution in [0, 0.1) is 11.6 Å². The summed E-state index contributed by atoms with van der Waals surface area (Å²) >= 11 is 1.50. The molecule has 0 saturated carbocycles. The quantitative estimate of drug-likeness (QED) is 0.785. The lowest BCUT2D eigenvalue weighted by atomic mass is 10.1. The highest BCUT2D eigenvalue weighted by Gasteiger charge is 2.22. The van der Waals surface area contributed by atoms with Crippen molar-refractivity contribution in [3.63, 3.8) is 0 Å². The molecule has 3 rings (SSSR count). The number of nitrogens with one attached hydrogen (secondary N) is 1. The molecule has 7 heteroatoms. The van der Waals surface area contributed by atoms with Crippen molar-refractivity contribution >= 4 is 22.5 Å². The van der Waals surface area contributed by atoms with Gasteiger partial charge in [0.15, 0.2) is 5.13 Å². The van der Waals surface area contributed by atoms with Crippen molar-refractivity contribution in [2.45, 2.75) is 45.1 Å². The Bertz CT molecular complexity index is 754. The number of nitrogens with zero attached hydrogens (tertiary/aromatic N) is 2. The topological polar surface area (TPSA) is 45.2 Å². The first-order valence-electron chi connectivity index (χ1n) is 8.43. The second-order valence-electron chi connectivity index (χ2n) is 6.33. The molecule has 1 aromatic carbocycles. The van der Waals surface area contributed by atoms with E-state index in [1.54, 1.807) is 14.0 Å². The molecule has 0 bridgehead atoms. The Morgan fingerprint density at radius 1 is 1.28 bits per heavy atom. The summed E-state index contributed by atoms with van der Waals surface area (Å²) in [6.45, 7) is 1.66. The van der Waals surface area contributed by atoms with Crippen LogP contribution in [0.3, 0.4) is 0 Å². The van der Waals surface area contributed by atoms with Crippen LogP contribution in [0.5, 0.6) is 0 Å². The van der Waals surface area contributed by atoms with Crippen LogP contribution >= 0.6 is 11.3 Å². The van der Waals surface area contributed by atoms with Gasteiger partial charge in [0.05, 0.1) is 11.7 Å². The summed E-state index contributed by atoms with van der Waals surface area (Å²) in [7, 11) is 1.56. The van der Waals surface area contributed by atoms with E-state index in [1.807, 2.05) is 0 Å². The van der Waals surface area contributed by atoms with Gasteiger partial charge in [-0.2, -0.15) is 0 Å². The standard InChI is InChI=1S/C18H21F2N3OS/c1-11(13-10-12(19)8-9-14(13)20)23(2)18(24)22-17-21-15-6-4-3-5-7-16(15)25-17/h8-11H,3-7H2,1-2H3,(H,21,22,24). The van der Waals surface area contributed by atoms with Crippen LogP contribution in [0.25, 0.3) is 0 Å². The molecule has 0 saturated heterocycles. The summed E-state index contributed by atoms with van der Waals surface area (Å²) in [5, 5.41) is 3.35. The number of fused-ring (bicyclic) bond motifs is 1. The average molecular weight is 365 g/mol. The van der Waals surface area contributed by atoms with E-state index in [1.165, 1.54) is 27.5 Å². The van der Waals surface area contributed by atoms with Crippen molar-refractivity contribution in [2.75, 3.05) is 12.4 Å². The number of amides is 2. The van der Waals surface area contributed by atoms with Crippen LogP contribution < -0.4 is 5.32 Å². The third-order valence-corrected chi connectivity index (χ3v) is 5.69. The number of anilines is 1. The normalized spacial score (nSPS) is 15.2. The number of aromatic nitrogens is 1. The van der Waals surface area contributed by atoms with Crippen molar-refractivity contribution in [2.24, 2.45) is 0 Å². The second kappa shape index (κ2) is 7.47. The van der Waals surface area contributed by atoms with Gasteiger partial charge in [-0.15, -0.1) is 11.3 Å². The Hall–Kier alpha value is -2.02. The zero-order valence-corrected chi connectivity index (χ0v) is 15.1. The molecule has 1 aromatic heterocycles. The molecule has 0 spiro atoms. The minimum Gasteiger partial charge on any atom is -0.321 e. The number of carbonyl (C=O) groups is 1. The highest BCUT2D eigenvalue weighted by molar-refractivity contribution is 7.15. The highest BCUT2D eigenvalue weighted by atomic mass is 32.1. The summed E-state index contributed by atoms with van der Waals surface area (Å²) in [5.41, 5.74) is 1.22. The van der Waals surface area contributed by atoms with E-state index in [0.717, 1.165) is 49.6 Å². The lowest BCUT2D eigenvalue weighted by Gasteiger charge is -2.25. The maximum Gasteiger partial charge on any atom is 0.323 e. The van der Waals surface area contributed by atoms with Gasteiger partial charge in [0.2, 0.25) is 0 Å². The summed E-state index contributed by atoms with van der Waals surface area (Å²) in [6.07, 6.45) is 5.44. The van der Waals surface area contributed by atoms with E-state index in [9.17, 15) is 13.6 Å². The molecule has 1 unspecified atom stereocenters. The monoisotopic (exact) mass is 365 g/mol. The zero-order valence-electron chi connectivity index (χ0n) is 14.3. The Kier molecular flexibility index (Phi) is 5.32. The fraction of sp³-hybridized carbons (Fsp3) is 0.444. The molecule has 1 heterocycles. The van der Waals surface area contributed by atoms with Gasteiger partial charge in [-0.25, -0.2) is 18.6 Å². The van der Waals surface area contributed by atoms with Gasteiger partial charge in [-0.05, 0) is 50.8 Å². The van der Waals surface area contributed by atoms with Gasteiger partial charge in [0.25, 0.3) is 0 Å². The Morgan fingerprint density at radius 3 is 2.84 bits per heavy atom. The molecule has 1 aliphatic carbocycles. The van der Waals surface area contributed by atoms with Crippen LogP contribution in [0.2, 0.25) is 0 Å². The van der Waals surface area contributed by atoms with Gasteiger partial charge in [0, 0.05) is 17.5 Å². The van der Waals surface area contributed by atoms with E-state index in [2.05, 4.69) is 10.3 Å². The van der Waals surface area contributed by atoms with Gasteiger partial charge in [-0.1, -0.05) is 6.42 Å². The van der Waals surface area contributed by atoms with Crippen LogP contribution in [0.4, 0.5) is 18.7 Å². The lowest BCUT2D eigenvalue weighted by Crippen LogP contribution is -2.34. The summed E-state index contributed by atoms with van der Waals surface area (Å²) < 4.78 is 27.3. The first-order chi connectivity index (χ1) is 12.0. The maximum atomic E-state index is 13.9. The van der Waals surface area contributed by atoms with Crippen molar-refractivity contribution < 1.29 is 13.6 Å². The van der Waals surface area contributed by atoms with Crippen LogP contribution in [0.15, 0.2) is 18.2 Å². The number of carbonyl (C=O) groups excluding carboxylic acids is 1. The molecule has 0 aliphatic heterocycles. The Labute approximate surface area is 149 Å². The molecule has 134 valence electrons. The highest BCUT2D eigenvalue weighted by Crippen LogP contribution is 2.30. The van der Waals surface area contributed by atoms with Crippen LogP contribution in [-0.4, -0.2) is 23.0 Å². The minimum atomic E-state index is -0.603. The molecule has 2 aromatic rings.